The Hall–Kier alpha value is -2.12. The topological polar surface area (TPSA) is 74.2 Å². The molecule has 7 nitrogen and oxygen atoms in total. The second kappa shape index (κ2) is 8.71. The average Bonchev–Trinajstić information content (AvgIpc) is 2.68. The van der Waals surface area contributed by atoms with Crippen molar-refractivity contribution in [3.05, 3.63) is 34.9 Å². The van der Waals surface area contributed by atoms with Crippen molar-refractivity contribution in [1.82, 2.24) is 15.1 Å². The van der Waals surface area contributed by atoms with Crippen LogP contribution in [0.4, 0.5) is 0 Å². The number of esters is 1. The number of hydrogen-bond donors (Lipinski definition) is 1. The summed E-state index contributed by atoms with van der Waals surface area (Å²) in [6.45, 7) is 8.47. The molecule has 0 aromatic heterocycles. The number of guanidine groups is 1. The van der Waals surface area contributed by atoms with Gasteiger partial charge in [-0.05, 0) is 31.2 Å². The number of rotatable bonds is 4. The lowest BCUT2D eigenvalue weighted by molar-refractivity contribution is -0.153. The van der Waals surface area contributed by atoms with Gasteiger partial charge in [0.1, 0.15) is 6.04 Å². The molecule has 1 aromatic carbocycles. The quantitative estimate of drug-likeness (QED) is 0.623. The minimum Gasteiger partial charge on any atom is -0.465 e. The maximum Gasteiger partial charge on any atom is 0.321 e. The van der Waals surface area contributed by atoms with Gasteiger partial charge in [0.2, 0.25) is 11.9 Å². The molecule has 0 unspecified atom stereocenters. The Bertz CT molecular complexity index is 714. The molecule has 146 valence electrons. The number of aliphatic imine (C=N–C) groups is 1. The monoisotopic (exact) mass is 392 g/mol. The minimum atomic E-state index is -1.01. The summed E-state index contributed by atoms with van der Waals surface area (Å²) in [7, 11) is 0. The van der Waals surface area contributed by atoms with Crippen molar-refractivity contribution >= 4 is 29.4 Å². The Morgan fingerprint density at radius 3 is 2.48 bits per heavy atom. The van der Waals surface area contributed by atoms with Crippen LogP contribution in [-0.2, 0) is 14.3 Å². The number of halogens is 1. The van der Waals surface area contributed by atoms with Crippen LogP contribution >= 0.6 is 11.6 Å². The van der Waals surface area contributed by atoms with Gasteiger partial charge >= 0.3 is 5.97 Å². The molecule has 0 radical (unpaired) electrons. The van der Waals surface area contributed by atoms with E-state index < -0.39 is 17.9 Å². The van der Waals surface area contributed by atoms with E-state index in [-0.39, 0.29) is 12.5 Å². The summed E-state index contributed by atoms with van der Waals surface area (Å²) in [4.78, 5) is 34.4. The molecule has 2 aliphatic heterocycles. The van der Waals surface area contributed by atoms with Crippen LogP contribution < -0.4 is 5.32 Å². The number of nitrogens with one attached hydrogen (secondary N) is 1. The van der Waals surface area contributed by atoms with E-state index in [9.17, 15) is 9.59 Å². The molecule has 8 heteroatoms. The Morgan fingerprint density at radius 2 is 1.89 bits per heavy atom. The number of carbonyl (C=O) groups excluding carboxylic acids is 2. The van der Waals surface area contributed by atoms with Gasteiger partial charge < -0.3 is 14.5 Å². The van der Waals surface area contributed by atoms with Crippen LogP contribution in [0.5, 0.6) is 0 Å². The molecule has 2 atom stereocenters. The van der Waals surface area contributed by atoms with Crippen molar-refractivity contribution in [2.75, 3.05) is 39.3 Å². The van der Waals surface area contributed by atoms with E-state index in [1.165, 1.54) is 0 Å². The standard InChI is InChI=1S/C19H25ClN4O3/c1-3-23-9-11-24(12-10-23)19-21-16(13-5-7-14(20)8-6-13)15(17(25)22-19)18(26)27-4-2/h5-8,15-16H,3-4,9-12H2,1-2H3,(H,21,22,25)/t15-,16-/m0/s1. The molecule has 0 spiro atoms. The first-order chi connectivity index (χ1) is 13.0. The predicted molar refractivity (Wildman–Crippen MR) is 104 cm³/mol. The van der Waals surface area contributed by atoms with Crippen LogP contribution in [0.15, 0.2) is 29.3 Å². The zero-order chi connectivity index (χ0) is 19.4. The smallest absolute Gasteiger partial charge is 0.321 e. The summed E-state index contributed by atoms with van der Waals surface area (Å²) in [5.74, 6) is -1.42. The summed E-state index contributed by atoms with van der Waals surface area (Å²) >= 11 is 5.99. The van der Waals surface area contributed by atoms with E-state index >= 15 is 0 Å². The van der Waals surface area contributed by atoms with Crippen LogP contribution in [0.25, 0.3) is 0 Å². The Labute approximate surface area is 164 Å². The van der Waals surface area contributed by atoms with E-state index in [2.05, 4.69) is 22.0 Å². The molecule has 2 aliphatic rings. The molecule has 2 heterocycles. The van der Waals surface area contributed by atoms with Gasteiger partial charge in [-0.15, -0.1) is 0 Å². The second-order valence-corrected chi connectivity index (χ2v) is 7.03. The van der Waals surface area contributed by atoms with Crippen molar-refractivity contribution in [2.45, 2.75) is 19.9 Å². The third-order valence-corrected chi connectivity index (χ3v) is 5.22. The number of nitrogens with zero attached hydrogens (tertiary/aromatic N) is 3. The molecular weight excluding hydrogens is 368 g/mol. The van der Waals surface area contributed by atoms with Gasteiger partial charge in [-0.1, -0.05) is 30.7 Å². The van der Waals surface area contributed by atoms with E-state index in [0.29, 0.717) is 11.0 Å². The van der Waals surface area contributed by atoms with Gasteiger partial charge in [-0.2, -0.15) is 0 Å². The maximum absolute atomic E-state index is 12.8. The van der Waals surface area contributed by atoms with Gasteiger partial charge in [0.25, 0.3) is 0 Å². The molecule has 1 fully saturated rings. The highest BCUT2D eigenvalue weighted by Gasteiger charge is 2.42. The van der Waals surface area contributed by atoms with Gasteiger partial charge in [0, 0.05) is 31.2 Å². The van der Waals surface area contributed by atoms with Crippen molar-refractivity contribution in [3.8, 4) is 0 Å². The van der Waals surface area contributed by atoms with Crippen molar-refractivity contribution in [1.29, 1.82) is 0 Å². The fourth-order valence-corrected chi connectivity index (χ4v) is 3.53. The van der Waals surface area contributed by atoms with E-state index in [0.717, 1.165) is 38.3 Å². The first-order valence-corrected chi connectivity index (χ1v) is 9.69. The fraction of sp³-hybridized carbons (Fsp3) is 0.526. The van der Waals surface area contributed by atoms with Crippen molar-refractivity contribution < 1.29 is 14.3 Å². The number of carbonyl (C=O) groups is 2. The minimum absolute atomic E-state index is 0.214. The molecule has 1 saturated heterocycles. The lowest BCUT2D eigenvalue weighted by atomic mass is 9.91. The molecule has 1 N–H and O–H groups in total. The zero-order valence-corrected chi connectivity index (χ0v) is 16.4. The van der Waals surface area contributed by atoms with Crippen LogP contribution in [0, 0.1) is 5.92 Å². The summed E-state index contributed by atoms with van der Waals surface area (Å²) in [5, 5.41) is 3.40. The van der Waals surface area contributed by atoms with Crippen molar-refractivity contribution in [3.63, 3.8) is 0 Å². The van der Waals surface area contributed by atoms with E-state index in [4.69, 9.17) is 21.3 Å². The zero-order valence-electron chi connectivity index (χ0n) is 15.7. The third-order valence-electron chi connectivity index (χ3n) is 4.97. The summed E-state index contributed by atoms with van der Waals surface area (Å²) in [5.41, 5.74) is 0.761. The molecular formula is C19H25ClN4O3. The Balaban J connectivity index is 1.90. The molecule has 0 saturated carbocycles. The Morgan fingerprint density at radius 1 is 1.22 bits per heavy atom. The van der Waals surface area contributed by atoms with Crippen LogP contribution in [0.3, 0.4) is 0 Å². The number of hydrogen-bond acceptors (Lipinski definition) is 6. The third kappa shape index (κ3) is 4.42. The molecule has 27 heavy (non-hydrogen) atoms. The average molecular weight is 393 g/mol. The molecule has 0 bridgehead atoms. The number of likely N-dealkylation sites (N-methyl/N-ethyl adjacent to an activating group) is 1. The first kappa shape index (κ1) is 19.6. The second-order valence-electron chi connectivity index (χ2n) is 6.59. The van der Waals surface area contributed by atoms with Crippen LogP contribution in [0.1, 0.15) is 25.5 Å². The van der Waals surface area contributed by atoms with Gasteiger partial charge in [-0.25, -0.2) is 4.99 Å². The van der Waals surface area contributed by atoms with Crippen LogP contribution in [0.2, 0.25) is 5.02 Å². The van der Waals surface area contributed by atoms with E-state index in [1.807, 2.05) is 0 Å². The molecule has 1 aromatic rings. The highest BCUT2D eigenvalue weighted by molar-refractivity contribution is 6.30. The lowest BCUT2D eigenvalue weighted by Gasteiger charge is -2.38. The number of amides is 1. The lowest BCUT2D eigenvalue weighted by Crippen LogP contribution is -2.57. The maximum atomic E-state index is 12.8. The normalized spacial score (nSPS) is 23.6. The van der Waals surface area contributed by atoms with Gasteiger partial charge in [0.15, 0.2) is 5.92 Å². The Kier molecular flexibility index (Phi) is 6.34. The first-order valence-electron chi connectivity index (χ1n) is 9.31. The highest BCUT2D eigenvalue weighted by atomic mass is 35.5. The van der Waals surface area contributed by atoms with E-state index in [1.54, 1.807) is 31.2 Å². The highest BCUT2D eigenvalue weighted by Crippen LogP contribution is 2.31. The summed E-state index contributed by atoms with van der Waals surface area (Å²) in [6, 6.07) is 6.44. The summed E-state index contributed by atoms with van der Waals surface area (Å²) in [6.07, 6.45) is 0. The molecule has 0 aliphatic carbocycles. The molecule has 1 amide bonds. The molecule has 3 rings (SSSR count). The fourth-order valence-electron chi connectivity index (χ4n) is 3.40. The number of ether oxygens (including phenoxy) is 1. The van der Waals surface area contributed by atoms with Gasteiger partial charge in [0.05, 0.1) is 6.61 Å². The van der Waals surface area contributed by atoms with Crippen LogP contribution in [-0.4, -0.2) is 67.0 Å². The van der Waals surface area contributed by atoms with Crippen molar-refractivity contribution in [2.24, 2.45) is 10.9 Å². The number of piperazine rings is 1. The van der Waals surface area contributed by atoms with Gasteiger partial charge in [-0.3, -0.25) is 14.9 Å². The predicted octanol–water partition coefficient (Wildman–Crippen LogP) is 1.68. The summed E-state index contributed by atoms with van der Waals surface area (Å²) < 4.78 is 5.12. The largest absolute Gasteiger partial charge is 0.465 e. The SMILES string of the molecule is CCOC(=O)[C@@H]1C(=O)NC(N2CCN(CC)CC2)=N[C@H]1c1ccc(Cl)cc1. The number of benzene rings is 1.